The van der Waals surface area contributed by atoms with Crippen LogP contribution in [0.15, 0.2) is 97.1 Å². The predicted molar refractivity (Wildman–Crippen MR) is 178 cm³/mol. The molecule has 1 amide bonds. The van der Waals surface area contributed by atoms with E-state index in [1.54, 1.807) is 0 Å². The second kappa shape index (κ2) is 15.4. The molecule has 0 fully saturated rings. The van der Waals surface area contributed by atoms with Crippen molar-refractivity contribution < 1.29 is 29.0 Å². The third kappa shape index (κ3) is 7.64. The Morgan fingerprint density at radius 3 is 1.50 bits per heavy atom. The number of hydrogen-bond donors (Lipinski definition) is 3. The summed E-state index contributed by atoms with van der Waals surface area (Å²) in [5, 5.41) is 14.4. The number of ether oxygens (including phenoxy) is 2. The van der Waals surface area contributed by atoms with Gasteiger partial charge in [-0.15, -0.1) is 0 Å². The zero-order chi connectivity index (χ0) is 32.5. The van der Waals surface area contributed by atoms with Crippen molar-refractivity contribution in [2.24, 2.45) is 0 Å². The number of benzene rings is 4. The van der Waals surface area contributed by atoms with Crippen molar-refractivity contribution in [2.45, 2.75) is 44.6 Å². The summed E-state index contributed by atoms with van der Waals surface area (Å²) in [6, 6.07) is 32.9. The van der Waals surface area contributed by atoms with E-state index in [1.807, 2.05) is 55.5 Å². The fourth-order valence-electron chi connectivity index (χ4n) is 6.37. The second-order valence-electron chi connectivity index (χ2n) is 11.5. The van der Waals surface area contributed by atoms with Crippen LogP contribution in [0.5, 0.6) is 0 Å². The van der Waals surface area contributed by atoms with Crippen LogP contribution in [-0.2, 0) is 19.1 Å². The van der Waals surface area contributed by atoms with Gasteiger partial charge in [0.15, 0.2) is 0 Å². The first kappa shape index (κ1) is 32.4. The molecule has 0 spiro atoms. The van der Waals surface area contributed by atoms with E-state index < -0.39 is 12.1 Å². The molecule has 8 nitrogen and oxygen atoms in total. The number of fused-ring (bicyclic) bond motifs is 6. The van der Waals surface area contributed by atoms with Crippen molar-refractivity contribution in [3.63, 3.8) is 0 Å². The molecule has 1 unspecified atom stereocenters. The summed E-state index contributed by atoms with van der Waals surface area (Å²) >= 11 is 0. The van der Waals surface area contributed by atoms with Crippen LogP contribution < -0.4 is 10.6 Å². The SMILES string of the molecule is CC(=O)OCC1c2ccccc2-c2ccccc21.CCCC(CNCC(=O)O)NC(=O)OCC1c2ccccc2-c2ccccc21. The van der Waals surface area contributed by atoms with Crippen LogP contribution in [0, 0.1) is 0 Å². The number of carbonyl (C=O) groups excluding carboxylic acids is 2. The van der Waals surface area contributed by atoms with Crippen LogP contribution in [0.3, 0.4) is 0 Å². The third-order valence-electron chi connectivity index (χ3n) is 8.39. The van der Waals surface area contributed by atoms with Crippen LogP contribution in [-0.4, -0.2) is 55.5 Å². The minimum Gasteiger partial charge on any atom is -0.480 e. The highest BCUT2D eigenvalue weighted by molar-refractivity contribution is 5.80. The molecule has 2 aliphatic carbocycles. The Morgan fingerprint density at radius 2 is 1.11 bits per heavy atom. The maximum Gasteiger partial charge on any atom is 0.407 e. The molecule has 46 heavy (non-hydrogen) atoms. The fraction of sp³-hybridized carbons (Fsp3) is 0.289. The molecule has 2 aliphatic rings. The van der Waals surface area contributed by atoms with Crippen LogP contribution in [0.4, 0.5) is 4.79 Å². The van der Waals surface area contributed by atoms with Gasteiger partial charge in [-0.05, 0) is 50.9 Å². The summed E-state index contributed by atoms with van der Waals surface area (Å²) in [6.45, 7) is 4.41. The van der Waals surface area contributed by atoms with Gasteiger partial charge in [0.05, 0.1) is 6.54 Å². The molecule has 0 heterocycles. The molecular weight excluding hydrogens is 580 g/mol. The molecule has 0 saturated heterocycles. The minimum absolute atomic E-state index is 0.0212. The summed E-state index contributed by atoms with van der Waals surface area (Å²) in [7, 11) is 0. The van der Waals surface area contributed by atoms with Crippen molar-refractivity contribution in [3.8, 4) is 22.3 Å². The maximum atomic E-state index is 12.3. The first-order valence-electron chi connectivity index (χ1n) is 15.7. The largest absolute Gasteiger partial charge is 0.480 e. The highest BCUT2D eigenvalue weighted by Crippen LogP contribution is 2.45. The fourth-order valence-corrected chi connectivity index (χ4v) is 6.37. The van der Waals surface area contributed by atoms with Gasteiger partial charge in [0.25, 0.3) is 0 Å². The van der Waals surface area contributed by atoms with E-state index in [0.29, 0.717) is 13.2 Å². The second-order valence-corrected chi connectivity index (χ2v) is 11.5. The number of esters is 1. The molecule has 0 aromatic heterocycles. The number of carbonyl (C=O) groups is 3. The Bertz CT molecular complexity index is 1590. The number of nitrogens with one attached hydrogen (secondary N) is 2. The van der Waals surface area contributed by atoms with Crippen LogP contribution in [0.1, 0.15) is 60.8 Å². The van der Waals surface area contributed by atoms with Gasteiger partial charge in [-0.1, -0.05) is 110 Å². The molecule has 0 radical (unpaired) electrons. The lowest BCUT2D eigenvalue weighted by molar-refractivity contribution is -0.141. The molecule has 8 heteroatoms. The Morgan fingerprint density at radius 1 is 0.696 bits per heavy atom. The van der Waals surface area contributed by atoms with Crippen molar-refractivity contribution in [3.05, 3.63) is 119 Å². The molecule has 0 bridgehead atoms. The molecule has 0 aliphatic heterocycles. The van der Waals surface area contributed by atoms with Gasteiger partial charge in [-0.2, -0.15) is 0 Å². The molecule has 4 aromatic carbocycles. The summed E-state index contributed by atoms with van der Waals surface area (Å²) in [6.07, 6.45) is 1.15. The number of carboxylic acids is 1. The van der Waals surface area contributed by atoms with Crippen molar-refractivity contribution in [1.29, 1.82) is 0 Å². The number of aliphatic carboxylic acids is 1. The smallest absolute Gasteiger partial charge is 0.407 e. The van der Waals surface area contributed by atoms with Crippen molar-refractivity contribution in [2.75, 3.05) is 26.3 Å². The monoisotopic (exact) mass is 620 g/mol. The molecule has 6 rings (SSSR count). The van der Waals surface area contributed by atoms with E-state index in [2.05, 4.69) is 59.2 Å². The molecule has 1 atom stereocenters. The summed E-state index contributed by atoms with van der Waals surface area (Å²) < 4.78 is 10.8. The average Bonchev–Trinajstić information content (AvgIpc) is 3.55. The van der Waals surface area contributed by atoms with E-state index in [0.717, 1.165) is 12.8 Å². The first-order chi connectivity index (χ1) is 22.4. The van der Waals surface area contributed by atoms with Crippen LogP contribution in [0.2, 0.25) is 0 Å². The Balaban J connectivity index is 0.000000198. The van der Waals surface area contributed by atoms with Crippen LogP contribution in [0.25, 0.3) is 22.3 Å². The standard InChI is InChI=1S/C22H26N2O4.C16H14O2/c1-2-7-15(12-23-13-21(25)26)24-22(27)28-14-20-18-10-5-3-8-16(18)17-9-4-6-11-19(17)20;1-11(17)18-10-16-14-8-4-2-6-12(14)13-7-3-5-9-15(13)16/h3-6,8-11,15,20,23H,2,7,12-14H2,1H3,(H,24,27)(H,25,26);2-9,16H,10H2,1H3. The number of amides is 1. The number of hydrogen-bond acceptors (Lipinski definition) is 6. The van der Waals surface area contributed by atoms with E-state index in [-0.39, 0.29) is 37.0 Å². The highest BCUT2D eigenvalue weighted by atomic mass is 16.5. The predicted octanol–water partition coefficient (Wildman–Crippen LogP) is 6.73. The molecule has 0 saturated carbocycles. The van der Waals surface area contributed by atoms with Crippen molar-refractivity contribution in [1.82, 2.24) is 10.6 Å². The summed E-state index contributed by atoms with van der Waals surface area (Å²) in [5.41, 5.74) is 9.73. The van der Waals surface area contributed by atoms with Gasteiger partial charge in [0.2, 0.25) is 0 Å². The van der Waals surface area contributed by atoms with Gasteiger partial charge in [0.1, 0.15) is 13.2 Å². The first-order valence-corrected chi connectivity index (χ1v) is 15.7. The number of carboxylic acid groups (broad SMARTS) is 1. The summed E-state index contributed by atoms with van der Waals surface area (Å²) in [5.74, 6) is -0.956. The van der Waals surface area contributed by atoms with E-state index >= 15 is 0 Å². The zero-order valence-corrected chi connectivity index (χ0v) is 26.2. The van der Waals surface area contributed by atoms with Gasteiger partial charge in [0, 0.05) is 31.3 Å². The summed E-state index contributed by atoms with van der Waals surface area (Å²) in [4.78, 5) is 34.0. The van der Waals surface area contributed by atoms with E-state index in [1.165, 1.54) is 51.4 Å². The zero-order valence-electron chi connectivity index (χ0n) is 26.2. The van der Waals surface area contributed by atoms with Gasteiger partial charge in [-0.3, -0.25) is 9.59 Å². The van der Waals surface area contributed by atoms with Gasteiger partial charge in [-0.25, -0.2) is 4.79 Å². The van der Waals surface area contributed by atoms with Crippen LogP contribution >= 0.6 is 0 Å². The Hall–Kier alpha value is -4.95. The Kier molecular flexibility index (Phi) is 10.8. The van der Waals surface area contributed by atoms with Gasteiger partial charge >= 0.3 is 18.0 Å². The number of alkyl carbamates (subject to hydrolysis) is 1. The van der Waals surface area contributed by atoms with Crippen molar-refractivity contribution >= 4 is 18.0 Å². The lowest BCUT2D eigenvalue weighted by Crippen LogP contribution is -2.43. The van der Waals surface area contributed by atoms with E-state index in [9.17, 15) is 14.4 Å². The topological polar surface area (TPSA) is 114 Å². The normalized spacial score (nSPS) is 13.3. The lowest BCUT2D eigenvalue weighted by atomic mass is 9.98. The third-order valence-corrected chi connectivity index (χ3v) is 8.39. The van der Waals surface area contributed by atoms with E-state index in [4.69, 9.17) is 14.6 Å². The molecule has 4 aromatic rings. The molecule has 3 N–H and O–H groups in total. The number of rotatable bonds is 11. The minimum atomic E-state index is -0.920. The quantitative estimate of drug-likeness (QED) is 0.159. The average molecular weight is 621 g/mol. The lowest BCUT2D eigenvalue weighted by Gasteiger charge is -2.20. The van der Waals surface area contributed by atoms with Gasteiger partial charge < -0.3 is 25.2 Å². The highest BCUT2D eigenvalue weighted by Gasteiger charge is 2.30. The Labute approximate surface area is 269 Å². The maximum absolute atomic E-state index is 12.3. The molecular formula is C38H40N2O6. The molecule has 238 valence electrons.